The Labute approximate surface area is 98.3 Å². The lowest BCUT2D eigenvalue weighted by molar-refractivity contribution is 0.305. The first-order valence-electron chi connectivity index (χ1n) is 5.18. The zero-order valence-electron chi connectivity index (χ0n) is 8.85. The molecule has 1 aromatic heterocycles. The summed E-state index contributed by atoms with van der Waals surface area (Å²) < 4.78 is 0.994. The van der Waals surface area contributed by atoms with E-state index in [4.69, 9.17) is 5.73 Å². The Morgan fingerprint density at radius 3 is 3.07 bits per heavy atom. The van der Waals surface area contributed by atoms with Gasteiger partial charge in [0.05, 0.1) is 0 Å². The van der Waals surface area contributed by atoms with Crippen molar-refractivity contribution >= 4 is 28.2 Å². The molecule has 0 bridgehead atoms. The molecule has 1 fully saturated rings. The number of aromatic nitrogens is 2. The Morgan fingerprint density at radius 2 is 2.47 bits per heavy atom. The zero-order valence-corrected chi connectivity index (χ0v) is 10.5. The van der Waals surface area contributed by atoms with Gasteiger partial charge in [-0.25, -0.2) is 0 Å². The van der Waals surface area contributed by atoms with Crippen LogP contribution in [0.1, 0.15) is 19.3 Å². The van der Waals surface area contributed by atoms with Crippen LogP contribution in [-0.2, 0) is 0 Å². The minimum atomic E-state index is 0.565. The van der Waals surface area contributed by atoms with Crippen molar-refractivity contribution in [1.29, 1.82) is 0 Å². The van der Waals surface area contributed by atoms with Crippen LogP contribution in [0.25, 0.3) is 0 Å². The molecular weight excluding hydrogens is 228 g/mol. The molecule has 1 aliphatic rings. The van der Waals surface area contributed by atoms with Gasteiger partial charge >= 0.3 is 0 Å². The number of thioether (sulfide) groups is 1. The summed E-state index contributed by atoms with van der Waals surface area (Å²) in [5, 5.41) is 8.35. The van der Waals surface area contributed by atoms with Gasteiger partial charge in [0.15, 0.2) is 4.34 Å². The van der Waals surface area contributed by atoms with Gasteiger partial charge in [0.2, 0.25) is 5.13 Å². The van der Waals surface area contributed by atoms with Crippen molar-refractivity contribution in [3.05, 3.63) is 0 Å². The summed E-state index contributed by atoms with van der Waals surface area (Å²) in [5.74, 6) is 1.11. The molecule has 0 aromatic carbocycles. The third-order valence-electron chi connectivity index (χ3n) is 2.77. The first kappa shape index (κ1) is 11.2. The second-order valence-electron chi connectivity index (χ2n) is 3.82. The van der Waals surface area contributed by atoms with Crippen molar-refractivity contribution < 1.29 is 0 Å². The van der Waals surface area contributed by atoms with E-state index < -0.39 is 0 Å². The molecule has 6 heteroatoms. The van der Waals surface area contributed by atoms with E-state index in [9.17, 15) is 0 Å². The lowest BCUT2D eigenvalue weighted by Gasteiger charge is -2.18. The van der Waals surface area contributed by atoms with Crippen LogP contribution in [0.15, 0.2) is 4.34 Å². The van der Waals surface area contributed by atoms with Crippen LogP contribution in [-0.4, -0.2) is 40.5 Å². The second kappa shape index (κ2) is 5.14. The van der Waals surface area contributed by atoms with E-state index in [-0.39, 0.29) is 0 Å². The van der Waals surface area contributed by atoms with E-state index in [0.717, 1.165) is 16.1 Å². The molecule has 2 N–H and O–H groups in total. The van der Waals surface area contributed by atoms with E-state index in [0.29, 0.717) is 5.13 Å². The molecule has 0 spiro atoms. The lowest BCUT2D eigenvalue weighted by Crippen LogP contribution is -2.25. The average molecular weight is 244 g/mol. The minimum Gasteiger partial charge on any atom is -0.374 e. The van der Waals surface area contributed by atoms with Gasteiger partial charge < -0.3 is 10.6 Å². The highest BCUT2D eigenvalue weighted by Gasteiger charge is 2.20. The normalized spacial score (nSPS) is 22.3. The highest BCUT2D eigenvalue weighted by molar-refractivity contribution is 8.01. The van der Waals surface area contributed by atoms with Crippen LogP contribution in [0.4, 0.5) is 5.13 Å². The quantitative estimate of drug-likeness (QED) is 0.817. The van der Waals surface area contributed by atoms with Crippen molar-refractivity contribution in [3.63, 3.8) is 0 Å². The first-order valence-corrected chi connectivity index (χ1v) is 6.98. The number of nitrogens with two attached hydrogens (primary N) is 1. The molecule has 1 aromatic rings. The summed E-state index contributed by atoms with van der Waals surface area (Å²) in [5.41, 5.74) is 5.52. The number of rotatable bonds is 4. The standard InChI is InChI=1S/C9H16N4S2/c1-13-5-2-3-7(13)4-6-14-9-12-11-8(10)15-9/h7H,2-6H2,1H3,(H2,10,11). The van der Waals surface area contributed by atoms with E-state index in [1.165, 1.54) is 37.1 Å². The van der Waals surface area contributed by atoms with Crippen LogP contribution in [0.2, 0.25) is 0 Å². The molecule has 1 saturated heterocycles. The molecule has 84 valence electrons. The predicted octanol–water partition coefficient (Wildman–Crippen LogP) is 1.70. The molecule has 1 atom stereocenters. The van der Waals surface area contributed by atoms with Gasteiger partial charge in [0.25, 0.3) is 0 Å². The Morgan fingerprint density at radius 1 is 1.60 bits per heavy atom. The van der Waals surface area contributed by atoms with E-state index in [2.05, 4.69) is 22.1 Å². The molecule has 0 saturated carbocycles. The average Bonchev–Trinajstić information content (AvgIpc) is 2.77. The molecule has 1 aliphatic heterocycles. The SMILES string of the molecule is CN1CCCC1CCSc1nnc(N)s1. The number of hydrogen-bond acceptors (Lipinski definition) is 6. The maximum atomic E-state index is 5.52. The van der Waals surface area contributed by atoms with Crippen LogP contribution >= 0.6 is 23.1 Å². The van der Waals surface area contributed by atoms with E-state index >= 15 is 0 Å². The smallest absolute Gasteiger partial charge is 0.203 e. The summed E-state index contributed by atoms with van der Waals surface area (Å²) in [6.45, 7) is 1.25. The molecule has 15 heavy (non-hydrogen) atoms. The highest BCUT2D eigenvalue weighted by Crippen LogP contribution is 2.26. The second-order valence-corrected chi connectivity index (χ2v) is 6.17. The Hall–Kier alpha value is -0.330. The van der Waals surface area contributed by atoms with Gasteiger partial charge in [-0.2, -0.15) is 0 Å². The van der Waals surface area contributed by atoms with Crippen LogP contribution in [0.5, 0.6) is 0 Å². The molecule has 0 aliphatic carbocycles. The van der Waals surface area contributed by atoms with Crippen molar-refractivity contribution in [2.24, 2.45) is 0 Å². The summed E-state index contributed by atoms with van der Waals surface area (Å²) in [7, 11) is 2.21. The summed E-state index contributed by atoms with van der Waals surface area (Å²) in [6, 6.07) is 0.766. The third-order valence-corrected chi connectivity index (χ3v) is 4.69. The van der Waals surface area contributed by atoms with E-state index in [1.54, 1.807) is 11.8 Å². The van der Waals surface area contributed by atoms with Crippen molar-refractivity contribution in [2.45, 2.75) is 29.6 Å². The van der Waals surface area contributed by atoms with Crippen molar-refractivity contribution in [2.75, 3.05) is 25.1 Å². The predicted molar refractivity (Wildman–Crippen MR) is 65.3 cm³/mol. The number of hydrogen-bond donors (Lipinski definition) is 1. The molecular formula is C9H16N4S2. The van der Waals surface area contributed by atoms with Gasteiger partial charge in [-0.05, 0) is 32.9 Å². The highest BCUT2D eigenvalue weighted by atomic mass is 32.2. The minimum absolute atomic E-state index is 0.565. The monoisotopic (exact) mass is 244 g/mol. The van der Waals surface area contributed by atoms with E-state index in [1.807, 2.05) is 0 Å². The van der Waals surface area contributed by atoms with Crippen LogP contribution in [0.3, 0.4) is 0 Å². The van der Waals surface area contributed by atoms with Gasteiger partial charge in [-0.3, -0.25) is 0 Å². The number of nitrogen functional groups attached to an aromatic ring is 1. The molecule has 0 amide bonds. The van der Waals surface area contributed by atoms with Crippen LogP contribution in [0, 0.1) is 0 Å². The fourth-order valence-corrected chi connectivity index (χ4v) is 3.65. The largest absolute Gasteiger partial charge is 0.374 e. The fourth-order valence-electron chi connectivity index (χ4n) is 1.90. The van der Waals surface area contributed by atoms with Gasteiger partial charge in [0, 0.05) is 11.8 Å². The molecule has 4 nitrogen and oxygen atoms in total. The molecule has 2 heterocycles. The first-order chi connectivity index (χ1) is 7.25. The maximum Gasteiger partial charge on any atom is 0.203 e. The lowest BCUT2D eigenvalue weighted by atomic mass is 10.2. The summed E-state index contributed by atoms with van der Waals surface area (Å²) >= 11 is 3.24. The Bertz CT molecular complexity index is 315. The van der Waals surface area contributed by atoms with Gasteiger partial charge in [0.1, 0.15) is 0 Å². The topological polar surface area (TPSA) is 55.0 Å². The number of anilines is 1. The van der Waals surface area contributed by atoms with Crippen molar-refractivity contribution in [1.82, 2.24) is 15.1 Å². The molecule has 1 unspecified atom stereocenters. The van der Waals surface area contributed by atoms with Gasteiger partial charge in [-0.15, -0.1) is 10.2 Å². The summed E-state index contributed by atoms with van der Waals surface area (Å²) in [6.07, 6.45) is 3.92. The zero-order chi connectivity index (χ0) is 10.7. The number of nitrogens with zero attached hydrogens (tertiary/aromatic N) is 3. The fraction of sp³-hybridized carbons (Fsp3) is 0.778. The Balaban J connectivity index is 1.70. The van der Waals surface area contributed by atoms with Crippen LogP contribution < -0.4 is 5.73 Å². The summed E-state index contributed by atoms with van der Waals surface area (Å²) in [4.78, 5) is 2.45. The Kier molecular flexibility index (Phi) is 3.82. The molecule has 0 radical (unpaired) electrons. The number of likely N-dealkylation sites (tertiary alicyclic amines) is 1. The van der Waals surface area contributed by atoms with Gasteiger partial charge in [-0.1, -0.05) is 23.1 Å². The van der Waals surface area contributed by atoms with Crippen molar-refractivity contribution in [3.8, 4) is 0 Å². The maximum absolute atomic E-state index is 5.52. The third kappa shape index (κ3) is 3.06. The molecule has 2 rings (SSSR count).